The fourth-order valence-electron chi connectivity index (χ4n) is 6.13. The Labute approximate surface area is 274 Å². The molecule has 4 heteroatoms. The van der Waals surface area contributed by atoms with Gasteiger partial charge in [0.15, 0.2) is 0 Å². The monoisotopic (exact) mass is 654 g/mol. The predicted octanol–water partition coefficient (Wildman–Crippen LogP) is 8.47. The van der Waals surface area contributed by atoms with Gasteiger partial charge >= 0.3 is 0 Å². The minimum Gasteiger partial charge on any atom is -0.0677 e. The summed E-state index contributed by atoms with van der Waals surface area (Å²) in [4.78, 5) is 0. The average Bonchev–Trinajstić information content (AvgIpc) is 3.14. The lowest BCUT2D eigenvalue weighted by Gasteiger charge is -2.40. The van der Waals surface area contributed by atoms with Gasteiger partial charge in [-0.25, -0.2) is 0 Å². The van der Waals surface area contributed by atoms with Crippen molar-refractivity contribution in [1.82, 2.24) is 0 Å². The molecule has 0 aromatic heterocycles. The molecule has 45 heavy (non-hydrogen) atoms. The van der Waals surface area contributed by atoms with E-state index >= 15 is 0 Å². The molecule has 6 aromatic carbocycles. The fraction of sp³-hybridized carbons (Fsp3) is 0.122. The standard InChI is InChI=1S/C41H41P3Si/c1-2-45(33-42(36-21-9-3-10-22-36)37-23-11-4-12-24-37,34-43(38-25-13-5-14-26-38)39-27-15-6-16-28-39)35-44(40-29-17-7-18-30-40)41-31-19-8-20-32-41/h3-32H,2,33-35H2,1H3. The van der Waals surface area contributed by atoms with Gasteiger partial charge in [-0.3, -0.25) is 0 Å². The predicted molar refractivity (Wildman–Crippen MR) is 208 cm³/mol. The first-order valence-corrected chi connectivity index (χ1v) is 23.3. The Morgan fingerprint density at radius 2 is 0.489 bits per heavy atom. The van der Waals surface area contributed by atoms with Crippen LogP contribution in [0.15, 0.2) is 182 Å². The van der Waals surface area contributed by atoms with E-state index in [1.54, 1.807) is 0 Å². The lowest BCUT2D eigenvalue weighted by Crippen LogP contribution is -2.50. The third-order valence-corrected chi connectivity index (χ3v) is 27.5. The van der Waals surface area contributed by atoms with E-state index in [0.29, 0.717) is 0 Å². The Hall–Kier alpha value is -3.17. The molecule has 0 aliphatic carbocycles. The summed E-state index contributed by atoms with van der Waals surface area (Å²) in [5.41, 5.74) is 0. The highest BCUT2D eigenvalue weighted by atomic mass is 31.1. The topological polar surface area (TPSA) is 0 Å². The first-order valence-electron chi connectivity index (χ1n) is 15.9. The molecule has 0 aliphatic rings. The van der Waals surface area contributed by atoms with Crippen LogP contribution in [0.25, 0.3) is 0 Å². The van der Waals surface area contributed by atoms with Crippen molar-refractivity contribution in [2.45, 2.75) is 13.0 Å². The average molecular weight is 655 g/mol. The minimum atomic E-state index is -1.97. The third-order valence-electron chi connectivity index (χ3n) is 8.64. The summed E-state index contributed by atoms with van der Waals surface area (Å²) in [7, 11) is -3.47. The summed E-state index contributed by atoms with van der Waals surface area (Å²) in [6.07, 6.45) is 0. The zero-order valence-electron chi connectivity index (χ0n) is 26.0. The van der Waals surface area contributed by atoms with Gasteiger partial charge in [0.2, 0.25) is 0 Å². The molecule has 0 atom stereocenters. The van der Waals surface area contributed by atoms with E-state index in [0.717, 1.165) is 0 Å². The first-order chi connectivity index (χ1) is 22.2. The molecule has 6 rings (SSSR count). The molecule has 0 N–H and O–H groups in total. The van der Waals surface area contributed by atoms with E-state index in [9.17, 15) is 0 Å². The maximum Gasteiger partial charge on any atom is 0.0679 e. The third kappa shape index (κ3) is 8.16. The molecular weight excluding hydrogens is 613 g/mol. The molecule has 0 amide bonds. The molecule has 6 aromatic rings. The molecule has 0 radical (unpaired) electrons. The molecule has 0 fully saturated rings. The molecule has 224 valence electrons. The van der Waals surface area contributed by atoms with E-state index < -0.39 is 31.8 Å². The normalized spacial score (nSPS) is 11.7. The number of hydrogen-bond donors (Lipinski definition) is 0. The van der Waals surface area contributed by atoms with Crippen molar-refractivity contribution in [2.75, 3.05) is 17.4 Å². The van der Waals surface area contributed by atoms with Gasteiger partial charge in [0.25, 0.3) is 0 Å². The highest BCUT2D eigenvalue weighted by Crippen LogP contribution is 2.48. The smallest absolute Gasteiger partial charge is 0.0677 e. The van der Waals surface area contributed by atoms with Crippen LogP contribution in [0.1, 0.15) is 6.92 Å². The van der Waals surface area contributed by atoms with Crippen molar-refractivity contribution in [3.63, 3.8) is 0 Å². The summed E-state index contributed by atoms with van der Waals surface area (Å²) >= 11 is 0. The zero-order valence-corrected chi connectivity index (χ0v) is 29.7. The van der Waals surface area contributed by atoms with Crippen molar-refractivity contribution < 1.29 is 0 Å². The molecular formula is C41H41P3Si. The van der Waals surface area contributed by atoms with Gasteiger partial charge < -0.3 is 0 Å². The summed E-state index contributed by atoms with van der Waals surface area (Å²) in [6, 6.07) is 69.9. The molecule has 0 unspecified atom stereocenters. The van der Waals surface area contributed by atoms with Crippen LogP contribution >= 0.6 is 23.8 Å². The van der Waals surface area contributed by atoms with Crippen LogP contribution in [-0.4, -0.2) is 25.4 Å². The van der Waals surface area contributed by atoms with Crippen LogP contribution < -0.4 is 31.8 Å². The highest BCUT2D eigenvalue weighted by Gasteiger charge is 2.40. The van der Waals surface area contributed by atoms with Gasteiger partial charge in [-0.15, -0.1) is 0 Å². The van der Waals surface area contributed by atoms with Gasteiger partial charge in [-0.2, -0.15) is 0 Å². The van der Waals surface area contributed by atoms with Crippen LogP contribution in [0.2, 0.25) is 6.04 Å². The van der Waals surface area contributed by atoms with Crippen LogP contribution in [0, 0.1) is 0 Å². The van der Waals surface area contributed by atoms with Crippen molar-refractivity contribution in [3.8, 4) is 0 Å². The molecule has 0 bridgehead atoms. The van der Waals surface area contributed by atoms with Crippen molar-refractivity contribution in [1.29, 1.82) is 0 Å². The number of hydrogen-bond acceptors (Lipinski definition) is 0. The largest absolute Gasteiger partial charge is 0.0679 e. The summed E-state index contributed by atoms with van der Waals surface area (Å²) in [6.45, 7) is 2.53. The fourth-order valence-corrected chi connectivity index (χ4v) is 29.2. The number of rotatable bonds is 13. The minimum absolute atomic E-state index is 0.499. The summed E-state index contributed by atoms with van der Waals surface area (Å²) in [5.74, 6) is 3.93. The molecule has 0 heterocycles. The van der Waals surface area contributed by atoms with Gasteiger partial charge in [-0.05, 0) is 72.9 Å². The Morgan fingerprint density at radius 1 is 0.311 bits per heavy atom. The van der Waals surface area contributed by atoms with Crippen molar-refractivity contribution in [3.05, 3.63) is 182 Å². The summed E-state index contributed by atoms with van der Waals surface area (Å²) in [5, 5.41) is 9.06. The molecule has 0 saturated carbocycles. The van der Waals surface area contributed by atoms with Gasteiger partial charge in [0.1, 0.15) is 0 Å². The maximum atomic E-state index is 2.53. The quantitative estimate of drug-likeness (QED) is 0.0866. The maximum absolute atomic E-state index is 2.53. The molecule has 0 nitrogen and oxygen atoms in total. The Bertz CT molecular complexity index is 1380. The van der Waals surface area contributed by atoms with Gasteiger partial charge in [0, 0.05) is 0 Å². The van der Waals surface area contributed by atoms with Crippen LogP contribution in [0.5, 0.6) is 0 Å². The number of benzene rings is 6. The Morgan fingerprint density at radius 3 is 0.644 bits per heavy atom. The van der Waals surface area contributed by atoms with Crippen molar-refractivity contribution >= 4 is 63.7 Å². The SMILES string of the molecule is CC[Si](CP(c1ccccc1)c1ccccc1)(CP(c1ccccc1)c1ccccc1)CP(c1ccccc1)c1ccccc1. The highest BCUT2D eigenvalue weighted by molar-refractivity contribution is 7.80. The zero-order chi connectivity index (χ0) is 30.7. The van der Waals surface area contributed by atoms with Crippen LogP contribution in [0.4, 0.5) is 0 Å². The van der Waals surface area contributed by atoms with Gasteiger partial charge in [-0.1, -0.05) is 195 Å². The Kier molecular flexibility index (Phi) is 11.2. The first kappa shape index (κ1) is 31.8. The molecule has 0 aliphatic heterocycles. The second-order valence-corrected chi connectivity index (χ2v) is 24.8. The van der Waals surface area contributed by atoms with Gasteiger partial charge in [0.05, 0.1) is 8.07 Å². The second kappa shape index (κ2) is 15.9. The molecule has 0 saturated heterocycles. The molecule has 0 spiro atoms. The summed E-state index contributed by atoms with van der Waals surface area (Å²) < 4.78 is 0. The van der Waals surface area contributed by atoms with E-state index in [-0.39, 0.29) is 0 Å². The van der Waals surface area contributed by atoms with E-state index in [2.05, 4.69) is 189 Å². The Balaban J connectivity index is 1.51. The van der Waals surface area contributed by atoms with E-state index in [1.807, 2.05) is 0 Å². The second-order valence-electron chi connectivity index (χ2n) is 11.6. The lowest BCUT2D eigenvalue weighted by molar-refractivity contribution is 1.33. The van der Waals surface area contributed by atoms with E-state index in [4.69, 9.17) is 0 Å². The van der Waals surface area contributed by atoms with Crippen molar-refractivity contribution in [2.24, 2.45) is 0 Å². The van der Waals surface area contributed by atoms with Crippen LogP contribution in [0.3, 0.4) is 0 Å². The van der Waals surface area contributed by atoms with E-state index in [1.165, 1.54) is 55.2 Å². The lowest BCUT2D eigenvalue weighted by atomic mass is 10.4. The van der Waals surface area contributed by atoms with Crippen LogP contribution in [-0.2, 0) is 0 Å².